The van der Waals surface area contributed by atoms with Crippen molar-refractivity contribution in [2.45, 2.75) is 32.2 Å². The second-order valence-electron chi connectivity index (χ2n) is 4.85. The Morgan fingerprint density at radius 3 is 2.94 bits per heavy atom. The summed E-state index contributed by atoms with van der Waals surface area (Å²) in [5.41, 5.74) is 8.20. The van der Waals surface area contributed by atoms with Crippen LogP contribution in [0, 0.1) is 6.92 Å². The van der Waals surface area contributed by atoms with Gasteiger partial charge in [0, 0.05) is 19.1 Å². The summed E-state index contributed by atoms with van der Waals surface area (Å²) in [5.74, 6) is 0.203. The summed E-state index contributed by atoms with van der Waals surface area (Å²) < 4.78 is 0. The van der Waals surface area contributed by atoms with Crippen molar-refractivity contribution in [1.29, 1.82) is 0 Å². The van der Waals surface area contributed by atoms with Gasteiger partial charge in [-0.15, -0.1) is 0 Å². The first-order chi connectivity index (χ1) is 8.16. The van der Waals surface area contributed by atoms with Gasteiger partial charge in [0.1, 0.15) is 0 Å². The van der Waals surface area contributed by atoms with E-state index in [1.807, 2.05) is 36.1 Å². The molecule has 2 N–H and O–H groups in total. The van der Waals surface area contributed by atoms with Gasteiger partial charge < -0.3 is 10.6 Å². The van der Waals surface area contributed by atoms with E-state index < -0.39 is 0 Å². The van der Waals surface area contributed by atoms with E-state index in [4.69, 9.17) is 5.73 Å². The van der Waals surface area contributed by atoms with Crippen LogP contribution in [0.2, 0.25) is 0 Å². The highest BCUT2D eigenvalue weighted by Gasteiger charge is 2.21. The molecule has 1 saturated heterocycles. The van der Waals surface area contributed by atoms with Crippen molar-refractivity contribution in [3.8, 4) is 0 Å². The van der Waals surface area contributed by atoms with Gasteiger partial charge in [-0.3, -0.25) is 4.79 Å². The number of aryl methyl sites for hydroxylation is 1. The van der Waals surface area contributed by atoms with Crippen molar-refractivity contribution < 1.29 is 4.79 Å². The van der Waals surface area contributed by atoms with Gasteiger partial charge in [-0.25, -0.2) is 0 Å². The number of hydrogen-bond donors (Lipinski definition) is 1. The first-order valence-electron chi connectivity index (χ1n) is 6.24. The van der Waals surface area contributed by atoms with Crippen molar-refractivity contribution in [2.24, 2.45) is 5.73 Å². The molecule has 0 aromatic heterocycles. The SMILES string of the molecule is Cc1ccccc1CC(=O)N1CCC[C@@H](N)C1. The van der Waals surface area contributed by atoms with E-state index in [1.54, 1.807) is 0 Å². The first kappa shape index (κ1) is 12.1. The van der Waals surface area contributed by atoms with Crippen LogP contribution in [0.5, 0.6) is 0 Å². The fraction of sp³-hybridized carbons (Fsp3) is 0.500. The lowest BCUT2D eigenvalue weighted by Gasteiger charge is -2.31. The quantitative estimate of drug-likeness (QED) is 0.839. The number of nitrogens with zero attached hydrogens (tertiary/aromatic N) is 1. The van der Waals surface area contributed by atoms with E-state index in [1.165, 1.54) is 5.56 Å². The molecule has 1 amide bonds. The Balaban J connectivity index is 1.99. The number of hydrogen-bond acceptors (Lipinski definition) is 2. The van der Waals surface area contributed by atoms with Crippen molar-refractivity contribution in [2.75, 3.05) is 13.1 Å². The maximum Gasteiger partial charge on any atom is 0.227 e. The summed E-state index contributed by atoms with van der Waals surface area (Å²) in [7, 11) is 0. The van der Waals surface area contributed by atoms with Crippen LogP contribution in [0.4, 0.5) is 0 Å². The van der Waals surface area contributed by atoms with Crippen LogP contribution in [-0.4, -0.2) is 29.9 Å². The standard InChI is InChI=1S/C14H20N2O/c1-11-5-2-3-6-12(11)9-14(17)16-8-4-7-13(15)10-16/h2-3,5-6,13H,4,7-10,15H2,1H3/t13-/m1/s1. The van der Waals surface area contributed by atoms with Crippen LogP contribution in [0.3, 0.4) is 0 Å². The van der Waals surface area contributed by atoms with E-state index in [9.17, 15) is 4.79 Å². The lowest BCUT2D eigenvalue weighted by Crippen LogP contribution is -2.46. The van der Waals surface area contributed by atoms with Crippen molar-refractivity contribution >= 4 is 5.91 Å². The maximum absolute atomic E-state index is 12.1. The molecule has 3 heteroatoms. The number of carbonyl (C=O) groups is 1. The number of nitrogens with two attached hydrogens (primary N) is 1. The smallest absolute Gasteiger partial charge is 0.227 e. The maximum atomic E-state index is 12.1. The van der Waals surface area contributed by atoms with E-state index in [2.05, 4.69) is 0 Å². The molecule has 0 saturated carbocycles. The minimum atomic E-state index is 0.157. The normalized spacial score (nSPS) is 20.4. The summed E-state index contributed by atoms with van der Waals surface area (Å²) in [6, 6.07) is 8.21. The number of amides is 1. The number of benzene rings is 1. The second kappa shape index (κ2) is 5.32. The molecule has 1 fully saturated rings. The molecule has 1 aromatic rings. The number of rotatable bonds is 2. The number of likely N-dealkylation sites (tertiary alicyclic amines) is 1. The summed E-state index contributed by atoms with van der Waals surface area (Å²) in [4.78, 5) is 14.0. The van der Waals surface area contributed by atoms with Crippen LogP contribution in [0.25, 0.3) is 0 Å². The predicted octanol–water partition coefficient (Wildman–Crippen LogP) is 1.49. The lowest BCUT2D eigenvalue weighted by molar-refractivity contribution is -0.131. The molecular formula is C14H20N2O. The number of piperidine rings is 1. The summed E-state index contributed by atoms with van der Waals surface area (Å²) in [6.45, 7) is 3.62. The Hall–Kier alpha value is -1.35. The van der Waals surface area contributed by atoms with Gasteiger partial charge in [0.25, 0.3) is 0 Å². The Kier molecular flexibility index (Phi) is 3.79. The minimum absolute atomic E-state index is 0.157. The fourth-order valence-corrected chi connectivity index (χ4v) is 2.32. The topological polar surface area (TPSA) is 46.3 Å². The van der Waals surface area contributed by atoms with Crippen molar-refractivity contribution in [3.63, 3.8) is 0 Å². The Morgan fingerprint density at radius 1 is 1.47 bits per heavy atom. The third-order valence-electron chi connectivity index (χ3n) is 3.41. The molecule has 0 radical (unpaired) electrons. The van der Waals surface area contributed by atoms with Gasteiger partial charge in [0.05, 0.1) is 6.42 Å². The third kappa shape index (κ3) is 3.07. The molecule has 1 aliphatic heterocycles. The monoisotopic (exact) mass is 232 g/mol. The van der Waals surface area contributed by atoms with E-state index in [-0.39, 0.29) is 11.9 Å². The molecule has 0 aliphatic carbocycles. The lowest BCUT2D eigenvalue weighted by atomic mass is 10.0. The third-order valence-corrected chi connectivity index (χ3v) is 3.41. The largest absolute Gasteiger partial charge is 0.341 e. The second-order valence-corrected chi connectivity index (χ2v) is 4.85. The molecule has 3 nitrogen and oxygen atoms in total. The van der Waals surface area contributed by atoms with Gasteiger partial charge in [0.15, 0.2) is 0 Å². The summed E-state index contributed by atoms with van der Waals surface area (Å²) >= 11 is 0. The average molecular weight is 232 g/mol. The van der Waals surface area contributed by atoms with Crippen LogP contribution in [0.1, 0.15) is 24.0 Å². The van der Waals surface area contributed by atoms with Crippen LogP contribution < -0.4 is 5.73 Å². The Labute approximate surface area is 103 Å². The van der Waals surface area contributed by atoms with Crippen LogP contribution >= 0.6 is 0 Å². The van der Waals surface area contributed by atoms with Gasteiger partial charge >= 0.3 is 0 Å². The molecule has 17 heavy (non-hydrogen) atoms. The highest BCUT2D eigenvalue weighted by atomic mass is 16.2. The first-order valence-corrected chi connectivity index (χ1v) is 6.24. The summed E-state index contributed by atoms with van der Waals surface area (Å²) in [6.07, 6.45) is 2.56. The summed E-state index contributed by atoms with van der Waals surface area (Å²) in [5, 5.41) is 0. The van der Waals surface area contributed by atoms with Crippen molar-refractivity contribution in [1.82, 2.24) is 4.90 Å². The Bertz CT molecular complexity index is 403. The molecule has 92 valence electrons. The van der Waals surface area contributed by atoms with E-state index in [0.717, 1.165) is 24.9 Å². The van der Waals surface area contributed by atoms with E-state index in [0.29, 0.717) is 13.0 Å². The van der Waals surface area contributed by atoms with Crippen molar-refractivity contribution in [3.05, 3.63) is 35.4 Å². The zero-order valence-corrected chi connectivity index (χ0v) is 10.4. The fourth-order valence-electron chi connectivity index (χ4n) is 2.32. The molecular weight excluding hydrogens is 212 g/mol. The molecule has 1 aromatic carbocycles. The zero-order chi connectivity index (χ0) is 12.3. The van der Waals surface area contributed by atoms with Gasteiger partial charge in [-0.1, -0.05) is 24.3 Å². The van der Waals surface area contributed by atoms with Gasteiger partial charge in [-0.2, -0.15) is 0 Å². The molecule has 0 spiro atoms. The van der Waals surface area contributed by atoms with E-state index >= 15 is 0 Å². The Morgan fingerprint density at radius 2 is 2.24 bits per heavy atom. The highest BCUT2D eigenvalue weighted by molar-refractivity contribution is 5.79. The minimum Gasteiger partial charge on any atom is -0.341 e. The van der Waals surface area contributed by atoms with Gasteiger partial charge in [0.2, 0.25) is 5.91 Å². The predicted molar refractivity (Wildman–Crippen MR) is 68.7 cm³/mol. The molecule has 2 rings (SSSR count). The molecule has 0 unspecified atom stereocenters. The zero-order valence-electron chi connectivity index (χ0n) is 10.4. The van der Waals surface area contributed by atoms with Crippen LogP contribution in [0.15, 0.2) is 24.3 Å². The molecule has 1 heterocycles. The molecule has 1 aliphatic rings. The molecule has 0 bridgehead atoms. The van der Waals surface area contributed by atoms with Crippen LogP contribution in [-0.2, 0) is 11.2 Å². The molecule has 1 atom stereocenters. The number of carbonyl (C=O) groups excluding carboxylic acids is 1. The average Bonchev–Trinajstić information content (AvgIpc) is 2.32. The van der Waals surface area contributed by atoms with Gasteiger partial charge in [-0.05, 0) is 30.9 Å². The highest BCUT2D eigenvalue weighted by Crippen LogP contribution is 2.13.